The summed E-state index contributed by atoms with van der Waals surface area (Å²) in [6.45, 7) is 4.80. The third-order valence-electron chi connectivity index (χ3n) is 5.76. The fraction of sp³-hybridized carbons (Fsp3) is 0.526. The van der Waals surface area contributed by atoms with Crippen LogP contribution in [0.1, 0.15) is 40.3 Å². The van der Waals surface area contributed by atoms with Crippen LogP contribution in [0.5, 0.6) is 0 Å². The topological polar surface area (TPSA) is 84.5 Å². The van der Waals surface area contributed by atoms with E-state index in [0.717, 1.165) is 43.1 Å². The Morgan fingerprint density at radius 3 is 2.64 bits per heavy atom. The number of hydrogen-bond acceptors (Lipinski definition) is 6. The van der Waals surface area contributed by atoms with Crippen LogP contribution in [0.15, 0.2) is 12.4 Å². The van der Waals surface area contributed by atoms with Gasteiger partial charge < -0.3 is 9.80 Å². The Kier molecular flexibility index (Phi) is 4.03. The van der Waals surface area contributed by atoms with Gasteiger partial charge in [-0.15, -0.1) is 0 Å². The maximum Gasteiger partial charge on any atom is 0.272 e. The molecule has 5 rings (SSSR count). The summed E-state index contributed by atoms with van der Waals surface area (Å²) in [7, 11) is 1.82. The van der Waals surface area contributed by atoms with Crippen LogP contribution in [-0.2, 0) is 19.9 Å². The number of carbonyl (C=O) groups excluding carboxylic acids is 1. The first kappa shape index (κ1) is 17.2. The highest BCUT2D eigenvalue weighted by molar-refractivity contribution is 5.92. The number of nitrogens with zero attached hydrogens (tertiary/aromatic N) is 8. The molecule has 0 radical (unpaired) electrons. The zero-order valence-electron chi connectivity index (χ0n) is 16.3. The average Bonchev–Trinajstić information content (AvgIpc) is 3.31. The number of carbonyl (C=O) groups is 1. The molecule has 9 heteroatoms. The van der Waals surface area contributed by atoms with Crippen molar-refractivity contribution in [2.45, 2.75) is 32.6 Å². The summed E-state index contributed by atoms with van der Waals surface area (Å²) < 4.78 is 3.54. The summed E-state index contributed by atoms with van der Waals surface area (Å²) in [6, 6.07) is 1.85. The van der Waals surface area contributed by atoms with E-state index in [1.165, 1.54) is 18.4 Å². The van der Waals surface area contributed by atoms with Crippen molar-refractivity contribution < 1.29 is 4.79 Å². The lowest BCUT2D eigenvalue weighted by molar-refractivity contribution is 0.0735. The number of aryl methyl sites for hydroxylation is 3. The van der Waals surface area contributed by atoms with E-state index in [1.807, 2.05) is 29.5 Å². The van der Waals surface area contributed by atoms with Crippen molar-refractivity contribution in [1.29, 1.82) is 0 Å². The third-order valence-corrected chi connectivity index (χ3v) is 5.76. The second-order valence-corrected chi connectivity index (χ2v) is 7.61. The van der Waals surface area contributed by atoms with Gasteiger partial charge in [-0.05, 0) is 38.7 Å². The number of fused-ring (bicyclic) bond motifs is 2. The van der Waals surface area contributed by atoms with Gasteiger partial charge in [0.05, 0.1) is 11.4 Å². The highest BCUT2D eigenvalue weighted by Crippen LogP contribution is 2.30. The maximum absolute atomic E-state index is 12.9. The molecular formula is C19H24N8O. The molecule has 0 N–H and O–H groups in total. The molecular weight excluding hydrogens is 356 g/mol. The second kappa shape index (κ2) is 6.57. The SMILES string of the molecule is Cc1cc(C(=O)N2CCN(c3c4c(nc5ncnn35)CCCC4)CC2)n(C)n1. The van der Waals surface area contributed by atoms with Gasteiger partial charge in [-0.2, -0.15) is 19.7 Å². The molecule has 0 saturated carbocycles. The molecule has 9 nitrogen and oxygen atoms in total. The maximum atomic E-state index is 12.9. The van der Waals surface area contributed by atoms with Crippen molar-refractivity contribution in [3.05, 3.63) is 35.0 Å². The predicted octanol–water partition coefficient (Wildman–Crippen LogP) is 1.01. The summed E-state index contributed by atoms with van der Waals surface area (Å²) in [4.78, 5) is 26.2. The van der Waals surface area contributed by atoms with Crippen molar-refractivity contribution in [3.63, 3.8) is 0 Å². The Balaban J connectivity index is 1.41. The monoisotopic (exact) mass is 380 g/mol. The summed E-state index contributed by atoms with van der Waals surface area (Å²) >= 11 is 0. The van der Waals surface area contributed by atoms with Crippen LogP contribution in [0.25, 0.3) is 5.78 Å². The predicted molar refractivity (Wildman–Crippen MR) is 103 cm³/mol. The van der Waals surface area contributed by atoms with Crippen LogP contribution in [0.3, 0.4) is 0 Å². The van der Waals surface area contributed by atoms with Crippen molar-refractivity contribution in [2.24, 2.45) is 7.05 Å². The van der Waals surface area contributed by atoms with Gasteiger partial charge in [0.15, 0.2) is 0 Å². The third kappa shape index (κ3) is 2.73. The Labute approximate surface area is 163 Å². The number of aromatic nitrogens is 6. The van der Waals surface area contributed by atoms with Gasteiger partial charge in [0.2, 0.25) is 0 Å². The molecule has 1 saturated heterocycles. The van der Waals surface area contributed by atoms with Gasteiger partial charge in [-0.25, -0.2) is 4.98 Å². The molecule has 0 bridgehead atoms. The minimum atomic E-state index is 0.0467. The fourth-order valence-electron chi connectivity index (χ4n) is 4.38. The lowest BCUT2D eigenvalue weighted by Gasteiger charge is -2.37. The molecule has 0 aromatic carbocycles. The van der Waals surface area contributed by atoms with Gasteiger partial charge in [-0.1, -0.05) is 0 Å². The fourth-order valence-corrected chi connectivity index (χ4v) is 4.38. The molecule has 146 valence electrons. The van der Waals surface area contributed by atoms with Gasteiger partial charge in [0.1, 0.15) is 17.8 Å². The normalized spacial score (nSPS) is 17.2. The standard InChI is InChI=1S/C19H24N8O/c1-13-11-16(24(2)23-13)18(28)26-9-7-25(8-10-26)17-14-5-3-4-6-15(14)22-19-20-12-21-27(17)19/h11-12H,3-10H2,1-2H3. The van der Waals surface area contributed by atoms with Crippen LogP contribution in [0.2, 0.25) is 0 Å². The molecule has 2 aliphatic rings. The zero-order valence-corrected chi connectivity index (χ0v) is 16.3. The van der Waals surface area contributed by atoms with Gasteiger partial charge in [-0.3, -0.25) is 9.48 Å². The van der Waals surface area contributed by atoms with Crippen molar-refractivity contribution in [3.8, 4) is 0 Å². The van der Waals surface area contributed by atoms with Crippen molar-refractivity contribution in [1.82, 2.24) is 34.3 Å². The molecule has 0 atom stereocenters. The first-order valence-corrected chi connectivity index (χ1v) is 9.88. The molecule has 3 aromatic rings. The molecule has 3 aromatic heterocycles. The minimum Gasteiger partial charge on any atom is -0.353 e. The van der Waals surface area contributed by atoms with E-state index in [0.29, 0.717) is 24.6 Å². The summed E-state index contributed by atoms with van der Waals surface area (Å²) in [6.07, 6.45) is 5.96. The van der Waals surface area contributed by atoms with Gasteiger partial charge >= 0.3 is 0 Å². The Hall–Kier alpha value is -2.97. The average molecular weight is 380 g/mol. The van der Waals surface area contributed by atoms with Crippen LogP contribution in [0, 0.1) is 6.92 Å². The molecule has 28 heavy (non-hydrogen) atoms. The Morgan fingerprint density at radius 2 is 1.89 bits per heavy atom. The summed E-state index contributed by atoms with van der Waals surface area (Å²) in [5, 5.41) is 8.73. The molecule has 1 amide bonds. The molecule has 1 aliphatic heterocycles. The second-order valence-electron chi connectivity index (χ2n) is 7.61. The molecule has 0 unspecified atom stereocenters. The van der Waals surface area contributed by atoms with Crippen molar-refractivity contribution in [2.75, 3.05) is 31.1 Å². The molecule has 1 fully saturated rings. The summed E-state index contributed by atoms with van der Waals surface area (Å²) in [5.74, 6) is 1.82. The lowest BCUT2D eigenvalue weighted by Crippen LogP contribution is -2.50. The Morgan fingerprint density at radius 1 is 1.11 bits per heavy atom. The molecule has 1 aliphatic carbocycles. The number of anilines is 1. The van der Waals surface area contributed by atoms with E-state index in [4.69, 9.17) is 4.98 Å². The van der Waals surface area contributed by atoms with Gasteiger partial charge in [0, 0.05) is 38.8 Å². The Bertz CT molecular complexity index is 1040. The number of hydrogen-bond donors (Lipinski definition) is 0. The van der Waals surface area contributed by atoms with E-state index >= 15 is 0 Å². The van der Waals surface area contributed by atoms with Gasteiger partial charge in [0.25, 0.3) is 11.7 Å². The highest BCUT2D eigenvalue weighted by Gasteiger charge is 2.29. The van der Waals surface area contributed by atoms with Crippen LogP contribution in [0.4, 0.5) is 5.82 Å². The molecule has 4 heterocycles. The van der Waals surface area contributed by atoms with Crippen molar-refractivity contribution >= 4 is 17.5 Å². The highest BCUT2D eigenvalue weighted by atomic mass is 16.2. The molecule has 0 spiro atoms. The number of rotatable bonds is 2. The minimum absolute atomic E-state index is 0.0467. The lowest BCUT2D eigenvalue weighted by atomic mass is 9.96. The van der Waals surface area contributed by atoms with E-state index in [2.05, 4.69) is 20.1 Å². The first-order valence-electron chi connectivity index (χ1n) is 9.88. The quantitative estimate of drug-likeness (QED) is 0.660. The summed E-state index contributed by atoms with van der Waals surface area (Å²) in [5.41, 5.74) is 3.96. The van der Waals surface area contributed by atoms with E-state index in [9.17, 15) is 4.79 Å². The van der Waals surface area contributed by atoms with E-state index in [-0.39, 0.29) is 5.91 Å². The first-order chi connectivity index (χ1) is 13.6. The number of amides is 1. The number of piperazine rings is 1. The van der Waals surface area contributed by atoms with E-state index in [1.54, 1.807) is 11.0 Å². The van der Waals surface area contributed by atoms with Crippen LogP contribution >= 0.6 is 0 Å². The zero-order chi connectivity index (χ0) is 19.3. The van der Waals surface area contributed by atoms with E-state index < -0.39 is 0 Å². The van der Waals surface area contributed by atoms with Crippen LogP contribution < -0.4 is 4.90 Å². The smallest absolute Gasteiger partial charge is 0.272 e. The van der Waals surface area contributed by atoms with Crippen LogP contribution in [-0.4, -0.2) is 66.3 Å². The largest absolute Gasteiger partial charge is 0.353 e.